The van der Waals surface area contributed by atoms with Crippen molar-refractivity contribution < 1.29 is 0 Å². The Morgan fingerprint density at radius 1 is 1.40 bits per heavy atom. The molecule has 0 saturated carbocycles. The largest absolute Gasteiger partial charge is 0.308 e. The molecule has 0 radical (unpaired) electrons. The highest BCUT2D eigenvalue weighted by atomic mass is 32.2. The molecule has 15 heavy (non-hydrogen) atoms. The number of hydrogen-bond acceptors (Lipinski definition) is 3. The molecule has 0 aliphatic carbocycles. The van der Waals surface area contributed by atoms with Gasteiger partial charge in [0, 0.05) is 29.8 Å². The number of nitrogens with one attached hydrogen (secondary N) is 1. The van der Waals surface area contributed by atoms with Gasteiger partial charge in [0.15, 0.2) is 0 Å². The van der Waals surface area contributed by atoms with Crippen LogP contribution in [-0.4, -0.2) is 37.8 Å². The molecule has 1 N–H and O–H groups in total. The SMILES string of the molecule is CN(C)CCNC1CSc2ccccc21. The number of rotatable bonds is 4. The van der Waals surface area contributed by atoms with Crippen molar-refractivity contribution in [2.45, 2.75) is 10.9 Å². The monoisotopic (exact) mass is 222 g/mol. The van der Waals surface area contributed by atoms with Crippen LogP contribution in [0.1, 0.15) is 11.6 Å². The molecule has 1 heterocycles. The van der Waals surface area contributed by atoms with Crippen molar-refractivity contribution >= 4 is 11.8 Å². The Hall–Kier alpha value is -0.510. The van der Waals surface area contributed by atoms with Gasteiger partial charge in [-0.3, -0.25) is 0 Å². The standard InChI is InChI=1S/C12H18N2S/c1-14(2)8-7-13-11-9-15-12-6-4-3-5-10(11)12/h3-6,11,13H,7-9H2,1-2H3. The van der Waals surface area contributed by atoms with Crippen molar-refractivity contribution in [3.8, 4) is 0 Å². The summed E-state index contributed by atoms with van der Waals surface area (Å²) in [6, 6.07) is 9.25. The van der Waals surface area contributed by atoms with Crippen LogP contribution >= 0.6 is 11.8 Å². The fraction of sp³-hybridized carbons (Fsp3) is 0.500. The third kappa shape index (κ3) is 2.74. The van der Waals surface area contributed by atoms with E-state index in [2.05, 4.69) is 48.6 Å². The Morgan fingerprint density at radius 2 is 2.20 bits per heavy atom. The number of benzene rings is 1. The third-order valence-corrected chi connectivity index (χ3v) is 3.83. The molecular weight excluding hydrogens is 204 g/mol. The molecule has 1 unspecified atom stereocenters. The predicted octanol–water partition coefficient (Wildman–Crippen LogP) is 1.98. The Kier molecular flexibility index (Phi) is 3.67. The lowest BCUT2D eigenvalue weighted by atomic mass is 10.1. The highest BCUT2D eigenvalue weighted by Gasteiger charge is 2.21. The first-order valence-corrected chi connectivity index (χ1v) is 6.36. The molecular formula is C12H18N2S. The molecule has 1 aliphatic rings. The average molecular weight is 222 g/mol. The minimum absolute atomic E-state index is 0.547. The van der Waals surface area contributed by atoms with E-state index in [1.807, 2.05) is 11.8 Å². The van der Waals surface area contributed by atoms with E-state index < -0.39 is 0 Å². The van der Waals surface area contributed by atoms with Gasteiger partial charge in [0.1, 0.15) is 0 Å². The van der Waals surface area contributed by atoms with Gasteiger partial charge in [-0.25, -0.2) is 0 Å². The number of hydrogen-bond donors (Lipinski definition) is 1. The maximum absolute atomic E-state index is 3.61. The molecule has 0 amide bonds. The predicted molar refractivity (Wildman–Crippen MR) is 66.5 cm³/mol. The van der Waals surface area contributed by atoms with E-state index in [1.54, 1.807) is 0 Å². The molecule has 2 rings (SSSR count). The molecule has 0 bridgehead atoms. The lowest BCUT2D eigenvalue weighted by Crippen LogP contribution is -2.29. The molecule has 0 saturated heterocycles. The summed E-state index contributed by atoms with van der Waals surface area (Å²) in [7, 11) is 4.22. The van der Waals surface area contributed by atoms with Crippen LogP contribution < -0.4 is 5.32 Å². The summed E-state index contributed by atoms with van der Waals surface area (Å²) in [5.41, 5.74) is 1.47. The van der Waals surface area contributed by atoms with Crippen LogP contribution in [0.15, 0.2) is 29.2 Å². The quantitative estimate of drug-likeness (QED) is 0.838. The Balaban J connectivity index is 1.90. The summed E-state index contributed by atoms with van der Waals surface area (Å²) in [6.45, 7) is 2.16. The zero-order chi connectivity index (χ0) is 10.7. The molecule has 0 aromatic heterocycles. The van der Waals surface area contributed by atoms with E-state index in [-0.39, 0.29) is 0 Å². The number of nitrogens with zero attached hydrogens (tertiary/aromatic N) is 1. The second-order valence-corrected chi connectivity index (χ2v) is 5.22. The van der Waals surface area contributed by atoms with Crippen molar-refractivity contribution in [1.29, 1.82) is 0 Å². The van der Waals surface area contributed by atoms with Gasteiger partial charge in [0.2, 0.25) is 0 Å². The number of thioether (sulfide) groups is 1. The first kappa shape index (κ1) is 11.0. The van der Waals surface area contributed by atoms with E-state index in [1.165, 1.54) is 16.2 Å². The van der Waals surface area contributed by atoms with E-state index in [0.717, 1.165) is 13.1 Å². The summed E-state index contributed by atoms with van der Waals surface area (Å²) in [5.74, 6) is 1.17. The van der Waals surface area contributed by atoms with Crippen molar-refractivity contribution in [3.63, 3.8) is 0 Å². The van der Waals surface area contributed by atoms with Crippen LogP contribution in [0.4, 0.5) is 0 Å². The highest BCUT2D eigenvalue weighted by Crippen LogP contribution is 2.37. The normalized spacial score (nSPS) is 19.5. The van der Waals surface area contributed by atoms with Gasteiger partial charge in [-0.15, -0.1) is 11.8 Å². The van der Waals surface area contributed by atoms with Crippen molar-refractivity contribution in [2.75, 3.05) is 32.9 Å². The van der Waals surface area contributed by atoms with Gasteiger partial charge in [0.05, 0.1) is 0 Å². The fourth-order valence-corrected chi connectivity index (χ4v) is 2.99. The van der Waals surface area contributed by atoms with Gasteiger partial charge < -0.3 is 10.2 Å². The third-order valence-electron chi connectivity index (χ3n) is 2.65. The lowest BCUT2D eigenvalue weighted by molar-refractivity contribution is 0.390. The van der Waals surface area contributed by atoms with E-state index in [4.69, 9.17) is 0 Å². The minimum Gasteiger partial charge on any atom is -0.308 e. The van der Waals surface area contributed by atoms with Crippen LogP contribution in [0.25, 0.3) is 0 Å². The van der Waals surface area contributed by atoms with E-state index in [0.29, 0.717) is 6.04 Å². The average Bonchev–Trinajstić information content (AvgIpc) is 2.62. The minimum atomic E-state index is 0.547. The summed E-state index contributed by atoms with van der Waals surface area (Å²) in [5, 5.41) is 3.61. The summed E-state index contributed by atoms with van der Waals surface area (Å²) >= 11 is 1.96. The Morgan fingerprint density at radius 3 is 3.00 bits per heavy atom. The van der Waals surface area contributed by atoms with Gasteiger partial charge >= 0.3 is 0 Å². The van der Waals surface area contributed by atoms with Crippen molar-refractivity contribution in [1.82, 2.24) is 10.2 Å². The number of likely N-dealkylation sites (N-methyl/N-ethyl adjacent to an activating group) is 1. The van der Waals surface area contributed by atoms with Gasteiger partial charge in [0.25, 0.3) is 0 Å². The molecule has 82 valence electrons. The second-order valence-electron chi connectivity index (χ2n) is 4.16. The number of fused-ring (bicyclic) bond motifs is 1. The maximum Gasteiger partial charge on any atom is 0.0426 e. The van der Waals surface area contributed by atoms with Crippen LogP contribution in [0.3, 0.4) is 0 Å². The Labute approximate surface area is 96.0 Å². The second kappa shape index (κ2) is 5.01. The molecule has 1 aromatic carbocycles. The van der Waals surface area contributed by atoms with Gasteiger partial charge in [-0.1, -0.05) is 18.2 Å². The van der Waals surface area contributed by atoms with Crippen LogP contribution in [0, 0.1) is 0 Å². The van der Waals surface area contributed by atoms with Crippen LogP contribution in [0.2, 0.25) is 0 Å². The van der Waals surface area contributed by atoms with E-state index >= 15 is 0 Å². The highest BCUT2D eigenvalue weighted by molar-refractivity contribution is 7.99. The fourth-order valence-electron chi connectivity index (χ4n) is 1.79. The zero-order valence-corrected chi connectivity index (χ0v) is 10.2. The zero-order valence-electron chi connectivity index (χ0n) is 9.36. The van der Waals surface area contributed by atoms with Gasteiger partial charge in [-0.05, 0) is 25.7 Å². The smallest absolute Gasteiger partial charge is 0.0426 e. The maximum atomic E-state index is 3.61. The molecule has 1 aliphatic heterocycles. The molecule has 1 aromatic rings. The molecule has 0 fully saturated rings. The first-order chi connectivity index (χ1) is 7.27. The molecule has 0 spiro atoms. The topological polar surface area (TPSA) is 15.3 Å². The molecule has 3 heteroatoms. The van der Waals surface area contributed by atoms with Crippen LogP contribution in [0.5, 0.6) is 0 Å². The summed E-state index contributed by atoms with van der Waals surface area (Å²) < 4.78 is 0. The van der Waals surface area contributed by atoms with Gasteiger partial charge in [-0.2, -0.15) is 0 Å². The van der Waals surface area contributed by atoms with Crippen molar-refractivity contribution in [3.05, 3.63) is 29.8 Å². The summed E-state index contributed by atoms with van der Waals surface area (Å²) in [4.78, 5) is 3.65. The van der Waals surface area contributed by atoms with Crippen LogP contribution in [-0.2, 0) is 0 Å². The lowest BCUT2D eigenvalue weighted by Gasteiger charge is -2.15. The first-order valence-electron chi connectivity index (χ1n) is 5.37. The van der Waals surface area contributed by atoms with Crippen molar-refractivity contribution in [2.24, 2.45) is 0 Å². The molecule has 1 atom stereocenters. The Bertz CT molecular complexity index is 325. The van der Waals surface area contributed by atoms with E-state index in [9.17, 15) is 0 Å². The summed E-state index contributed by atoms with van der Waals surface area (Å²) in [6.07, 6.45) is 0. The molecule has 2 nitrogen and oxygen atoms in total.